The van der Waals surface area contributed by atoms with E-state index in [1.807, 2.05) is 0 Å². The van der Waals surface area contributed by atoms with Crippen LogP contribution in [-0.2, 0) is 28.7 Å². The van der Waals surface area contributed by atoms with Crippen molar-refractivity contribution < 1.29 is 17.8 Å². The van der Waals surface area contributed by atoms with E-state index < -0.39 is 52.3 Å². The molecule has 9 nitrogen and oxygen atoms in total. The Kier molecular flexibility index (Phi) is 7.10. The highest BCUT2D eigenvalue weighted by molar-refractivity contribution is 7.85. The Morgan fingerprint density at radius 2 is 1.76 bits per heavy atom. The molecule has 2 aliphatic rings. The molecule has 1 aromatic heterocycles. The Morgan fingerprint density at radius 1 is 1.08 bits per heavy atom. The number of fused-ring (bicyclic) bond motifs is 1. The minimum absolute atomic E-state index is 0.00119. The zero-order chi connectivity index (χ0) is 27.1. The fourth-order valence-corrected chi connectivity index (χ4v) is 6.46. The SMILES string of the molecule is NC(=O)Cn1c(=O)c2c(n(CC3CCS(=O)CC3)c1=O)NC(c1ccc(F)cc1F)N2c1ccc(Cl)cc1. The second-order valence-electron chi connectivity index (χ2n) is 9.30. The van der Waals surface area contributed by atoms with E-state index in [-0.39, 0.29) is 29.5 Å². The standard InChI is InChI=1S/C25H24ClF2N5O4S/c26-15-1-4-17(5-2-15)33-21-23(30-22(33)18-6-3-16(27)11-19(18)28)31(12-14-7-9-38(37)10-8-14)25(36)32(24(21)35)13-20(29)34/h1-6,11,14,22,30H,7-10,12-13H2,(H2,29,34). The lowest BCUT2D eigenvalue weighted by Crippen LogP contribution is -2.44. The molecule has 1 amide bonds. The number of aromatic nitrogens is 2. The van der Waals surface area contributed by atoms with Crippen LogP contribution in [0.15, 0.2) is 52.1 Å². The monoisotopic (exact) mass is 563 g/mol. The third-order valence-corrected chi connectivity index (χ3v) is 8.43. The number of amides is 1. The largest absolute Gasteiger partial charge is 0.368 e. The van der Waals surface area contributed by atoms with Crippen molar-refractivity contribution in [1.29, 1.82) is 0 Å². The Balaban J connectivity index is 1.73. The van der Waals surface area contributed by atoms with E-state index in [2.05, 4.69) is 5.32 Å². The van der Waals surface area contributed by atoms with Crippen molar-refractivity contribution in [3.8, 4) is 0 Å². The van der Waals surface area contributed by atoms with Crippen LogP contribution in [0.25, 0.3) is 0 Å². The summed E-state index contributed by atoms with van der Waals surface area (Å²) in [6.07, 6.45) is 0.188. The van der Waals surface area contributed by atoms with Gasteiger partial charge in [0.05, 0.1) is 0 Å². The Morgan fingerprint density at radius 3 is 2.39 bits per heavy atom. The van der Waals surface area contributed by atoms with Crippen molar-refractivity contribution in [3.05, 3.63) is 85.5 Å². The van der Waals surface area contributed by atoms with Crippen LogP contribution in [0, 0.1) is 17.6 Å². The molecule has 1 unspecified atom stereocenters. The van der Waals surface area contributed by atoms with Crippen molar-refractivity contribution in [3.63, 3.8) is 0 Å². The number of carbonyl (C=O) groups excluding carboxylic acids is 1. The average Bonchev–Trinajstić information content (AvgIpc) is 3.26. The molecule has 0 radical (unpaired) electrons. The Bertz CT molecular complexity index is 1550. The molecule has 0 bridgehead atoms. The van der Waals surface area contributed by atoms with Crippen LogP contribution >= 0.6 is 11.6 Å². The molecule has 1 atom stereocenters. The van der Waals surface area contributed by atoms with E-state index >= 15 is 4.39 Å². The first-order valence-electron chi connectivity index (χ1n) is 11.9. The number of primary amides is 1. The van der Waals surface area contributed by atoms with Crippen molar-refractivity contribution >= 4 is 45.5 Å². The van der Waals surface area contributed by atoms with Gasteiger partial charge in [-0.05, 0) is 55.2 Å². The molecule has 2 aliphatic heterocycles. The molecule has 200 valence electrons. The first-order chi connectivity index (χ1) is 18.1. The summed E-state index contributed by atoms with van der Waals surface area (Å²) in [6, 6.07) is 9.52. The van der Waals surface area contributed by atoms with Crippen molar-refractivity contribution in [2.24, 2.45) is 11.7 Å². The summed E-state index contributed by atoms with van der Waals surface area (Å²) in [5, 5.41) is 3.53. The first kappa shape index (κ1) is 26.1. The maximum absolute atomic E-state index is 15.1. The lowest BCUT2D eigenvalue weighted by Gasteiger charge is -2.27. The van der Waals surface area contributed by atoms with Crippen molar-refractivity contribution in [2.75, 3.05) is 21.7 Å². The second kappa shape index (κ2) is 10.3. The van der Waals surface area contributed by atoms with Gasteiger partial charge in [0.25, 0.3) is 5.56 Å². The van der Waals surface area contributed by atoms with Crippen LogP contribution in [-0.4, -0.2) is 30.8 Å². The fraction of sp³-hybridized carbons (Fsp3) is 0.320. The molecule has 0 spiro atoms. The van der Waals surface area contributed by atoms with Crippen LogP contribution in [0.2, 0.25) is 5.02 Å². The molecule has 3 N–H and O–H groups in total. The van der Waals surface area contributed by atoms with E-state index in [0.717, 1.165) is 16.7 Å². The smallest absolute Gasteiger partial charge is 0.333 e. The zero-order valence-electron chi connectivity index (χ0n) is 20.0. The van der Waals surface area contributed by atoms with Gasteiger partial charge >= 0.3 is 5.69 Å². The molecule has 5 rings (SSSR count). The van der Waals surface area contributed by atoms with Gasteiger partial charge < -0.3 is 16.0 Å². The quantitative estimate of drug-likeness (QED) is 0.476. The van der Waals surface area contributed by atoms with Gasteiger partial charge in [-0.25, -0.2) is 18.1 Å². The minimum Gasteiger partial charge on any atom is -0.368 e. The molecule has 3 aromatic rings. The van der Waals surface area contributed by atoms with Crippen LogP contribution in [0.5, 0.6) is 0 Å². The van der Waals surface area contributed by atoms with E-state index in [9.17, 15) is 23.0 Å². The molecule has 1 fully saturated rings. The summed E-state index contributed by atoms with van der Waals surface area (Å²) in [5.74, 6) is -1.39. The number of benzene rings is 2. The number of halogens is 3. The van der Waals surface area contributed by atoms with Crippen LogP contribution in [0.4, 0.5) is 26.0 Å². The molecule has 3 heterocycles. The molecule has 13 heteroatoms. The van der Waals surface area contributed by atoms with Gasteiger partial charge in [0.2, 0.25) is 5.91 Å². The second-order valence-corrected chi connectivity index (χ2v) is 11.4. The normalized spacial score (nSPS) is 20.7. The maximum Gasteiger partial charge on any atom is 0.333 e. The molecule has 2 aromatic carbocycles. The third kappa shape index (κ3) is 4.85. The fourth-order valence-electron chi connectivity index (χ4n) is 4.94. The Labute approximate surface area is 223 Å². The molecular weight excluding hydrogens is 540 g/mol. The van der Waals surface area contributed by atoms with Crippen LogP contribution in [0.3, 0.4) is 0 Å². The van der Waals surface area contributed by atoms with Gasteiger partial charge in [0, 0.05) is 51.2 Å². The number of hydrogen-bond donors (Lipinski definition) is 2. The number of hydrogen-bond acceptors (Lipinski definition) is 6. The van der Waals surface area contributed by atoms with Gasteiger partial charge in [-0.1, -0.05) is 11.6 Å². The van der Waals surface area contributed by atoms with Gasteiger partial charge in [0.1, 0.15) is 30.2 Å². The number of nitrogens with two attached hydrogens (primary N) is 1. The van der Waals surface area contributed by atoms with E-state index in [0.29, 0.717) is 35.1 Å². The summed E-state index contributed by atoms with van der Waals surface area (Å²) < 4.78 is 42.8. The molecule has 1 saturated heterocycles. The lowest BCUT2D eigenvalue weighted by atomic mass is 10.0. The first-order valence-corrected chi connectivity index (χ1v) is 13.8. The number of rotatable bonds is 6. The minimum atomic E-state index is -1.03. The third-order valence-electron chi connectivity index (χ3n) is 6.80. The molecule has 0 aliphatic carbocycles. The molecular formula is C25H24ClF2N5O4S. The number of anilines is 3. The van der Waals surface area contributed by atoms with Crippen LogP contribution in [0.1, 0.15) is 24.6 Å². The van der Waals surface area contributed by atoms with Crippen molar-refractivity contribution in [2.45, 2.75) is 32.1 Å². The van der Waals surface area contributed by atoms with Gasteiger partial charge in [0.15, 0.2) is 5.69 Å². The van der Waals surface area contributed by atoms with E-state index in [1.165, 1.54) is 15.5 Å². The van der Waals surface area contributed by atoms with Gasteiger partial charge in [-0.2, -0.15) is 0 Å². The summed E-state index contributed by atoms with van der Waals surface area (Å²) in [4.78, 5) is 40.5. The summed E-state index contributed by atoms with van der Waals surface area (Å²) >= 11 is 6.07. The average molecular weight is 564 g/mol. The van der Waals surface area contributed by atoms with Gasteiger partial charge in [-0.15, -0.1) is 0 Å². The zero-order valence-corrected chi connectivity index (χ0v) is 21.6. The highest BCUT2D eigenvalue weighted by atomic mass is 35.5. The lowest BCUT2D eigenvalue weighted by molar-refractivity contribution is -0.118. The van der Waals surface area contributed by atoms with Crippen molar-refractivity contribution in [1.82, 2.24) is 9.13 Å². The number of carbonyl (C=O) groups is 1. The maximum atomic E-state index is 15.1. The highest BCUT2D eigenvalue weighted by Crippen LogP contribution is 2.44. The Hall–Kier alpha value is -3.51. The number of nitrogens with zero attached hydrogens (tertiary/aromatic N) is 3. The number of nitrogens with one attached hydrogen (secondary N) is 1. The van der Waals surface area contributed by atoms with Gasteiger partial charge in [-0.3, -0.25) is 18.4 Å². The summed E-state index contributed by atoms with van der Waals surface area (Å²) in [6.45, 7) is -0.471. The summed E-state index contributed by atoms with van der Waals surface area (Å²) in [5.41, 5.74) is 4.30. The molecule has 38 heavy (non-hydrogen) atoms. The van der Waals surface area contributed by atoms with E-state index in [4.69, 9.17) is 17.3 Å². The van der Waals surface area contributed by atoms with E-state index in [1.54, 1.807) is 24.3 Å². The molecule has 0 saturated carbocycles. The summed E-state index contributed by atoms with van der Waals surface area (Å²) in [7, 11) is -0.918. The predicted molar refractivity (Wildman–Crippen MR) is 141 cm³/mol. The predicted octanol–water partition coefficient (Wildman–Crippen LogP) is 2.85. The highest BCUT2D eigenvalue weighted by Gasteiger charge is 2.39. The topological polar surface area (TPSA) is 119 Å². The van der Waals surface area contributed by atoms with Crippen LogP contribution < -0.4 is 27.2 Å².